The van der Waals surface area contributed by atoms with E-state index in [4.69, 9.17) is 17.3 Å². The Morgan fingerprint density at radius 2 is 2.26 bits per heavy atom. The molecule has 0 radical (unpaired) electrons. The van der Waals surface area contributed by atoms with Gasteiger partial charge in [0.1, 0.15) is 5.69 Å². The molecule has 0 aliphatic carbocycles. The number of anilines is 2. The highest BCUT2D eigenvalue weighted by Crippen LogP contribution is 2.14. The second-order valence-corrected chi connectivity index (χ2v) is 4.43. The number of carbonyl (C=O) groups excluding carboxylic acids is 1. The molecule has 7 heteroatoms. The highest BCUT2D eigenvalue weighted by Gasteiger charge is 2.13. The lowest BCUT2D eigenvalue weighted by molar-refractivity contribution is 0.101. The Morgan fingerprint density at radius 1 is 1.47 bits per heavy atom. The van der Waals surface area contributed by atoms with Gasteiger partial charge in [-0.25, -0.2) is 0 Å². The van der Waals surface area contributed by atoms with Crippen LogP contribution in [-0.2, 0) is 6.54 Å². The van der Waals surface area contributed by atoms with E-state index >= 15 is 0 Å². The number of nitrogens with zero attached hydrogens (tertiary/aromatic N) is 3. The van der Waals surface area contributed by atoms with Crippen LogP contribution in [0.3, 0.4) is 0 Å². The third-order valence-corrected chi connectivity index (χ3v) is 2.69. The summed E-state index contributed by atoms with van der Waals surface area (Å²) in [6.07, 6.45) is 2.65. The van der Waals surface area contributed by atoms with Gasteiger partial charge in [0.25, 0.3) is 5.91 Å². The molecule has 0 fully saturated rings. The van der Waals surface area contributed by atoms with Crippen molar-refractivity contribution in [1.29, 1.82) is 0 Å². The van der Waals surface area contributed by atoms with Gasteiger partial charge < -0.3 is 15.6 Å². The number of nitrogens with two attached hydrogens (primary N) is 1. The normalized spacial score (nSPS) is 10.4. The zero-order valence-electron chi connectivity index (χ0n) is 10.4. The second-order valence-electron chi connectivity index (χ2n) is 4.05. The number of hydrogen-bond donors (Lipinski definition) is 2. The maximum atomic E-state index is 12.1. The summed E-state index contributed by atoms with van der Waals surface area (Å²) < 4.78 is 1.81. The van der Waals surface area contributed by atoms with Gasteiger partial charge in [-0.3, -0.25) is 4.79 Å². The van der Waals surface area contributed by atoms with Crippen LogP contribution >= 0.6 is 11.6 Å². The monoisotopic (exact) mass is 279 g/mol. The van der Waals surface area contributed by atoms with Crippen molar-refractivity contribution in [2.45, 2.75) is 19.9 Å². The summed E-state index contributed by atoms with van der Waals surface area (Å²) >= 11 is 5.63. The Kier molecular flexibility index (Phi) is 4.01. The fourth-order valence-corrected chi connectivity index (χ4v) is 1.81. The van der Waals surface area contributed by atoms with Crippen LogP contribution in [0.5, 0.6) is 0 Å². The van der Waals surface area contributed by atoms with E-state index in [9.17, 15) is 4.79 Å². The average molecular weight is 280 g/mol. The largest absolute Gasteiger partial charge is 0.397 e. The summed E-state index contributed by atoms with van der Waals surface area (Å²) in [7, 11) is 0. The molecular weight excluding hydrogens is 266 g/mol. The molecule has 2 aromatic rings. The predicted octanol–water partition coefficient (Wildman–Crippen LogP) is 2.18. The molecule has 2 aromatic heterocycles. The molecule has 2 rings (SSSR count). The Morgan fingerprint density at radius 3 is 2.89 bits per heavy atom. The number of aryl methyl sites for hydroxylation is 1. The Hall–Kier alpha value is -2.08. The van der Waals surface area contributed by atoms with Crippen LogP contribution in [0.15, 0.2) is 24.4 Å². The summed E-state index contributed by atoms with van der Waals surface area (Å²) in [5, 5.41) is 10.4. The van der Waals surface area contributed by atoms with Gasteiger partial charge in [-0.2, -0.15) is 0 Å². The topological polar surface area (TPSA) is 85.8 Å². The van der Waals surface area contributed by atoms with Crippen LogP contribution in [0.1, 0.15) is 23.8 Å². The quantitative estimate of drug-likeness (QED) is 0.898. The number of aromatic nitrogens is 3. The van der Waals surface area contributed by atoms with Crippen LogP contribution < -0.4 is 11.1 Å². The van der Waals surface area contributed by atoms with E-state index in [2.05, 4.69) is 15.5 Å². The minimum atomic E-state index is -0.276. The minimum absolute atomic E-state index is 0.275. The molecule has 6 nitrogen and oxygen atoms in total. The summed E-state index contributed by atoms with van der Waals surface area (Å²) in [5.74, 6) is 0.0685. The summed E-state index contributed by atoms with van der Waals surface area (Å²) in [5.41, 5.74) is 6.77. The number of carbonyl (C=O) groups is 1. The summed E-state index contributed by atoms with van der Waals surface area (Å²) in [6, 6.07) is 4.78. The number of nitrogen functional groups attached to an aromatic ring is 1. The number of amides is 1. The summed E-state index contributed by atoms with van der Waals surface area (Å²) in [4.78, 5) is 12.1. The average Bonchev–Trinajstić information content (AvgIpc) is 2.74. The van der Waals surface area contributed by atoms with Crippen molar-refractivity contribution in [2.24, 2.45) is 0 Å². The molecule has 0 aromatic carbocycles. The van der Waals surface area contributed by atoms with E-state index in [1.54, 1.807) is 24.4 Å². The van der Waals surface area contributed by atoms with Gasteiger partial charge in [-0.1, -0.05) is 18.5 Å². The van der Waals surface area contributed by atoms with Gasteiger partial charge in [0, 0.05) is 12.7 Å². The van der Waals surface area contributed by atoms with Crippen LogP contribution in [0.25, 0.3) is 0 Å². The van der Waals surface area contributed by atoms with E-state index in [1.165, 1.54) is 0 Å². The van der Waals surface area contributed by atoms with Crippen molar-refractivity contribution in [3.63, 3.8) is 0 Å². The number of rotatable bonds is 4. The molecule has 2 heterocycles. The van der Waals surface area contributed by atoms with Crippen molar-refractivity contribution in [2.75, 3.05) is 11.1 Å². The Bertz CT molecular complexity index is 578. The van der Waals surface area contributed by atoms with E-state index in [0.717, 1.165) is 13.0 Å². The maximum absolute atomic E-state index is 12.1. The molecular formula is C12H14ClN5O. The Labute approximate surface area is 115 Å². The predicted molar refractivity (Wildman–Crippen MR) is 74.1 cm³/mol. The molecule has 0 saturated heterocycles. The maximum Gasteiger partial charge on any atom is 0.273 e. The van der Waals surface area contributed by atoms with Crippen molar-refractivity contribution < 1.29 is 4.79 Å². The molecule has 0 aliphatic heterocycles. The highest BCUT2D eigenvalue weighted by atomic mass is 35.5. The first-order valence-corrected chi connectivity index (χ1v) is 6.24. The lowest BCUT2D eigenvalue weighted by Crippen LogP contribution is -2.17. The first-order valence-electron chi connectivity index (χ1n) is 5.86. The van der Waals surface area contributed by atoms with Crippen LogP contribution in [0.2, 0.25) is 5.15 Å². The third-order valence-electron chi connectivity index (χ3n) is 2.49. The number of hydrogen-bond acceptors (Lipinski definition) is 4. The van der Waals surface area contributed by atoms with Crippen LogP contribution in [0.4, 0.5) is 11.5 Å². The zero-order chi connectivity index (χ0) is 13.8. The van der Waals surface area contributed by atoms with Crippen LogP contribution in [0, 0.1) is 0 Å². The third kappa shape index (κ3) is 3.23. The molecule has 0 saturated carbocycles. The number of nitrogens with one attached hydrogen (secondary N) is 1. The van der Waals surface area contributed by atoms with Gasteiger partial charge in [0.15, 0.2) is 11.0 Å². The van der Waals surface area contributed by atoms with Crippen LogP contribution in [-0.4, -0.2) is 20.7 Å². The second kappa shape index (κ2) is 5.71. The van der Waals surface area contributed by atoms with E-state index in [0.29, 0.717) is 17.2 Å². The molecule has 0 bridgehead atoms. The fourth-order valence-electron chi connectivity index (χ4n) is 1.71. The molecule has 19 heavy (non-hydrogen) atoms. The summed E-state index contributed by atoms with van der Waals surface area (Å²) in [6.45, 7) is 2.76. The van der Waals surface area contributed by atoms with E-state index in [1.807, 2.05) is 11.5 Å². The van der Waals surface area contributed by atoms with Gasteiger partial charge in [-0.15, -0.1) is 10.2 Å². The molecule has 3 N–H and O–H groups in total. The fraction of sp³-hybridized carbons (Fsp3) is 0.250. The van der Waals surface area contributed by atoms with Gasteiger partial charge in [0.05, 0.1) is 5.69 Å². The molecule has 1 amide bonds. The van der Waals surface area contributed by atoms with E-state index < -0.39 is 0 Å². The standard InChI is InChI=1S/C12H14ClN5O/c1-2-5-18-7-8(14)6-9(18)12(19)15-11-4-3-10(13)16-17-11/h3-4,6-7H,2,5,14H2,1H3,(H,15,17,19). The van der Waals surface area contributed by atoms with Crippen molar-refractivity contribution in [3.8, 4) is 0 Å². The lowest BCUT2D eigenvalue weighted by Gasteiger charge is -2.07. The van der Waals surface area contributed by atoms with Crippen molar-refractivity contribution in [1.82, 2.24) is 14.8 Å². The SMILES string of the molecule is CCCn1cc(N)cc1C(=O)Nc1ccc(Cl)nn1. The minimum Gasteiger partial charge on any atom is -0.397 e. The molecule has 0 unspecified atom stereocenters. The van der Waals surface area contributed by atoms with Gasteiger partial charge in [0.2, 0.25) is 0 Å². The van der Waals surface area contributed by atoms with Gasteiger partial charge in [-0.05, 0) is 24.6 Å². The zero-order valence-corrected chi connectivity index (χ0v) is 11.2. The lowest BCUT2D eigenvalue weighted by atomic mass is 10.3. The Balaban J connectivity index is 2.17. The molecule has 0 spiro atoms. The highest BCUT2D eigenvalue weighted by molar-refractivity contribution is 6.29. The van der Waals surface area contributed by atoms with Crippen molar-refractivity contribution >= 4 is 29.0 Å². The van der Waals surface area contributed by atoms with E-state index in [-0.39, 0.29) is 11.1 Å². The number of halogens is 1. The van der Waals surface area contributed by atoms with Crippen molar-refractivity contribution in [3.05, 3.63) is 35.2 Å². The molecule has 100 valence electrons. The smallest absolute Gasteiger partial charge is 0.273 e. The first-order chi connectivity index (χ1) is 9.10. The molecule has 0 atom stereocenters. The van der Waals surface area contributed by atoms with Gasteiger partial charge >= 0.3 is 0 Å². The molecule has 0 aliphatic rings. The first kappa shape index (κ1) is 13.4.